The number of aliphatic hydroxyl groups excluding tert-OH is 1. The van der Waals surface area contributed by atoms with E-state index >= 15 is 0 Å². The van der Waals surface area contributed by atoms with Gasteiger partial charge in [-0.05, 0) is 0 Å². The monoisotopic (exact) mass is 636 g/mol. The van der Waals surface area contributed by atoms with E-state index in [0.29, 0.717) is 0 Å². The van der Waals surface area contributed by atoms with Crippen molar-refractivity contribution < 1.29 is 86.0 Å². The highest BCUT2D eigenvalue weighted by Gasteiger charge is 2.55. The van der Waals surface area contributed by atoms with Gasteiger partial charge in [-0.15, -0.1) is 0 Å². The predicted octanol–water partition coefficient (Wildman–Crippen LogP) is -1.40. The molecular formula is C26H36O18. The van der Waals surface area contributed by atoms with Gasteiger partial charge < -0.3 is 52.5 Å². The fourth-order valence-electron chi connectivity index (χ4n) is 4.52. The summed E-state index contributed by atoms with van der Waals surface area (Å²) in [6, 6.07) is 0. The molecule has 2 aliphatic heterocycles. The van der Waals surface area contributed by atoms with Crippen molar-refractivity contribution in [2.24, 2.45) is 0 Å². The summed E-state index contributed by atoms with van der Waals surface area (Å²) in [5, 5.41) is 10.6. The highest BCUT2D eigenvalue weighted by atomic mass is 16.7. The zero-order valence-electron chi connectivity index (χ0n) is 25.1. The maximum atomic E-state index is 12.1. The molecule has 18 nitrogen and oxygen atoms in total. The summed E-state index contributed by atoms with van der Waals surface area (Å²) in [5.74, 6) is -5.94. The molecule has 0 aliphatic carbocycles. The van der Waals surface area contributed by atoms with Crippen LogP contribution in [0, 0.1) is 0 Å². The van der Waals surface area contributed by atoms with E-state index in [4.69, 9.17) is 47.4 Å². The van der Waals surface area contributed by atoms with Crippen molar-refractivity contribution >= 4 is 41.8 Å². The van der Waals surface area contributed by atoms with Crippen molar-refractivity contribution in [3.63, 3.8) is 0 Å². The average Bonchev–Trinajstić information content (AvgIpc) is 2.87. The molecule has 44 heavy (non-hydrogen) atoms. The molecule has 0 aromatic carbocycles. The van der Waals surface area contributed by atoms with Gasteiger partial charge in [0, 0.05) is 48.5 Å². The summed E-state index contributed by atoms with van der Waals surface area (Å²) >= 11 is 0. The van der Waals surface area contributed by atoms with Crippen molar-refractivity contribution in [2.75, 3.05) is 13.2 Å². The van der Waals surface area contributed by atoms with Crippen LogP contribution in [0.3, 0.4) is 0 Å². The van der Waals surface area contributed by atoms with Crippen LogP contribution in [0.1, 0.15) is 48.5 Å². The quantitative estimate of drug-likeness (QED) is 0.203. The first-order chi connectivity index (χ1) is 20.5. The fourth-order valence-corrected chi connectivity index (χ4v) is 4.52. The Kier molecular flexibility index (Phi) is 13.4. The van der Waals surface area contributed by atoms with Gasteiger partial charge in [-0.2, -0.15) is 0 Å². The van der Waals surface area contributed by atoms with E-state index in [9.17, 15) is 38.7 Å². The number of esters is 7. The summed E-state index contributed by atoms with van der Waals surface area (Å²) in [7, 11) is 0. The van der Waals surface area contributed by atoms with Gasteiger partial charge in [0.25, 0.3) is 0 Å². The molecule has 0 amide bonds. The minimum atomic E-state index is -1.90. The first-order valence-corrected chi connectivity index (χ1v) is 13.3. The first-order valence-electron chi connectivity index (χ1n) is 13.3. The van der Waals surface area contributed by atoms with E-state index in [1.165, 1.54) is 0 Å². The van der Waals surface area contributed by atoms with Crippen LogP contribution in [-0.2, 0) is 80.9 Å². The van der Waals surface area contributed by atoms with Gasteiger partial charge in [-0.3, -0.25) is 33.6 Å². The highest BCUT2D eigenvalue weighted by molar-refractivity contribution is 5.69. The lowest BCUT2D eigenvalue weighted by molar-refractivity contribution is -0.330. The van der Waals surface area contributed by atoms with Gasteiger partial charge in [-0.25, -0.2) is 0 Å². The van der Waals surface area contributed by atoms with Crippen LogP contribution >= 0.6 is 0 Å². The summed E-state index contributed by atoms with van der Waals surface area (Å²) in [5.41, 5.74) is 0. The first kappa shape index (κ1) is 36.3. The summed E-state index contributed by atoms with van der Waals surface area (Å²) in [6.45, 7) is 6.15. The maximum Gasteiger partial charge on any atom is 0.303 e. The molecule has 0 spiro atoms. The number of aliphatic hydroxyl groups is 1. The lowest BCUT2D eigenvalue weighted by atomic mass is 9.97. The van der Waals surface area contributed by atoms with Gasteiger partial charge in [0.1, 0.15) is 18.8 Å². The van der Waals surface area contributed by atoms with Gasteiger partial charge >= 0.3 is 41.8 Å². The zero-order valence-corrected chi connectivity index (χ0v) is 25.1. The maximum absolute atomic E-state index is 12.1. The SMILES string of the molecule is CC(=O)OC[C@H]1O[C@@H](OC[C@@H]2O[C@@H](O)[C@H](OC(C)=O)[C@H](OC(C)=O)[C@@H]2OC(C)=O)[C@H](OC(C)=O)[C@H](OC(C)=O)[C@@H]1OC(C)=O. The highest BCUT2D eigenvalue weighted by Crippen LogP contribution is 2.32. The van der Waals surface area contributed by atoms with Crippen molar-refractivity contribution in [1.29, 1.82) is 0 Å². The molecule has 2 rings (SSSR count). The molecule has 2 aliphatic rings. The van der Waals surface area contributed by atoms with Crippen LogP contribution < -0.4 is 0 Å². The number of rotatable bonds is 11. The molecule has 0 radical (unpaired) electrons. The number of hydrogen-bond acceptors (Lipinski definition) is 18. The Labute approximate surface area is 251 Å². The van der Waals surface area contributed by atoms with Crippen LogP contribution in [-0.4, -0.2) is 122 Å². The van der Waals surface area contributed by atoms with Gasteiger partial charge in [0.15, 0.2) is 49.2 Å². The van der Waals surface area contributed by atoms with E-state index < -0.39 is 116 Å². The summed E-state index contributed by atoms with van der Waals surface area (Å²) in [4.78, 5) is 83.0. The molecule has 0 saturated carbocycles. The number of ether oxygens (including phenoxy) is 10. The van der Waals surface area contributed by atoms with E-state index in [0.717, 1.165) is 48.5 Å². The topological polar surface area (TPSA) is 232 Å². The van der Waals surface area contributed by atoms with E-state index in [1.54, 1.807) is 0 Å². The molecule has 10 atom stereocenters. The molecular weight excluding hydrogens is 600 g/mol. The van der Waals surface area contributed by atoms with Crippen LogP contribution in [0.5, 0.6) is 0 Å². The van der Waals surface area contributed by atoms with Crippen molar-refractivity contribution in [3.8, 4) is 0 Å². The lowest BCUT2D eigenvalue weighted by Crippen LogP contribution is -2.64. The van der Waals surface area contributed by atoms with E-state index in [1.807, 2.05) is 0 Å². The normalized spacial score (nSPS) is 31.5. The van der Waals surface area contributed by atoms with Crippen LogP contribution in [0.25, 0.3) is 0 Å². The van der Waals surface area contributed by atoms with Gasteiger partial charge in [0.2, 0.25) is 0 Å². The number of hydrogen-bond donors (Lipinski definition) is 1. The Hall–Kier alpha value is -3.87. The molecule has 18 heteroatoms. The summed E-state index contributed by atoms with van der Waals surface area (Å²) in [6.07, 6.45) is -15.6. The minimum Gasteiger partial charge on any atom is -0.463 e. The Bertz CT molecular complexity index is 1090. The summed E-state index contributed by atoms with van der Waals surface area (Å²) < 4.78 is 53.7. The Morgan fingerprint density at radius 1 is 0.477 bits per heavy atom. The predicted molar refractivity (Wildman–Crippen MR) is 135 cm³/mol. The second-order valence-electron chi connectivity index (χ2n) is 9.69. The second kappa shape index (κ2) is 16.3. The third-order valence-electron chi connectivity index (χ3n) is 5.89. The molecule has 248 valence electrons. The third-order valence-corrected chi connectivity index (χ3v) is 5.89. The van der Waals surface area contributed by atoms with E-state index in [-0.39, 0.29) is 0 Å². The van der Waals surface area contributed by atoms with Crippen LogP contribution in [0.15, 0.2) is 0 Å². The number of carbonyl (C=O) groups is 7. The minimum absolute atomic E-state index is 0.523. The Morgan fingerprint density at radius 3 is 1.27 bits per heavy atom. The second-order valence-corrected chi connectivity index (χ2v) is 9.69. The molecule has 0 unspecified atom stereocenters. The number of carbonyl (C=O) groups excluding carboxylic acids is 7. The van der Waals surface area contributed by atoms with Crippen molar-refractivity contribution in [2.45, 2.75) is 110 Å². The fraction of sp³-hybridized carbons (Fsp3) is 0.731. The lowest BCUT2D eigenvalue weighted by Gasteiger charge is -2.45. The average molecular weight is 637 g/mol. The largest absolute Gasteiger partial charge is 0.463 e. The Balaban J connectivity index is 2.48. The molecule has 2 fully saturated rings. The Morgan fingerprint density at radius 2 is 0.841 bits per heavy atom. The molecule has 2 saturated heterocycles. The van der Waals surface area contributed by atoms with E-state index in [2.05, 4.69) is 0 Å². The smallest absolute Gasteiger partial charge is 0.303 e. The molecule has 0 aromatic heterocycles. The standard InChI is InChI=1S/C26H36O18/c1-10(27)35-8-18-20(38-12(3)29)22(40-14(5)31)24(42-16(7)33)26(44-18)36-9-17-19(37-11(2)28)21(39-13(4)30)23(25(34)43-17)41-15(6)32/h17-26,34H,8-9H2,1-7H3/t17-,18+,19+,20+,21+,22+,23+,24+,25+,26+/m0/s1. The third kappa shape index (κ3) is 10.7. The van der Waals surface area contributed by atoms with Gasteiger partial charge in [0.05, 0.1) is 6.61 Å². The molecule has 0 bridgehead atoms. The van der Waals surface area contributed by atoms with Crippen LogP contribution in [0.2, 0.25) is 0 Å². The van der Waals surface area contributed by atoms with Crippen molar-refractivity contribution in [3.05, 3.63) is 0 Å². The molecule has 1 N–H and O–H groups in total. The molecule has 2 heterocycles. The molecule has 0 aromatic rings. The van der Waals surface area contributed by atoms with Crippen molar-refractivity contribution in [1.82, 2.24) is 0 Å². The van der Waals surface area contributed by atoms with Gasteiger partial charge in [-0.1, -0.05) is 0 Å². The zero-order chi connectivity index (χ0) is 33.3. The van der Waals surface area contributed by atoms with Crippen LogP contribution in [0.4, 0.5) is 0 Å².